The van der Waals surface area contributed by atoms with Crippen molar-refractivity contribution in [2.45, 2.75) is 26.2 Å². The number of aromatic nitrogens is 1. The van der Waals surface area contributed by atoms with Crippen LogP contribution >= 0.6 is 0 Å². The number of fused-ring (bicyclic) bond motifs is 1. The van der Waals surface area contributed by atoms with Gasteiger partial charge in [0.15, 0.2) is 0 Å². The number of benzene rings is 1. The van der Waals surface area contributed by atoms with Crippen LogP contribution in [0.1, 0.15) is 36.7 Å². The molecule has 94 valence electrons. The lowest BCUT2D eigenvalue weighted by Crippen LogP contribution is -2.18. The molecule has 0 fully saturated rings. The number of carbonyl (C=O) groups is 1. The fraction of sp³-hybridized carbons (Fsp3) is 0.333. The fourth-order valence-electron chi connectivity index (χ4n) is 2.09. The first-order chi connectivity index (χ1) is 8.43. The highest BCUT2D eigenvalue weighted by Crippen LogP contribution is 2.29. The van der Waals surface area contributed by atoms with Crippen molar-refractivity contribution in [3.05, 3.63) is 41.6 Å². The van der Waals surface area contributed by atoms with E-state index < -0.39 is 0 Å². The van der Waals surface area contributed by atoms with Gasteiger partial charge >= 0.3 is 0 Å². The Morgan fingerprint density at radius 1 is 1.22 bits per heavy atom. The Morgan fingerprint density at radius 2 is 1.94 bits per heavy atom. The van der Waals surface area contributed by atoms with E-state index in [2.05, 4.69) is 31.1 Å². The van der Waals surface area contributed by atoms with Gasteiger partial charge in [0.25, 0.3) is 5.91 Å². The zero-order valence-corrected chi connectivity index (χ0v) is 11.2. The van der Waals surface area contributed by atoms with E-state index in [9.17, 15) is 4.79 Å². The van der Waals surface area contributed by atoms with Crippen LogP contribution in [0.4, 0.5) is 0 Å². The lowest BCUT2D eigenvalue weighted by atomic mass is 9.84. The van der Waals surface area contributed by atoms with E-state index in [0.29, 0.717) is 5.56 Å². The number of hydrogen-bond donors (Lipinski definition) is 1. The zero-order chi connectivity index (χ0) is 13.3. The van der Waals surface area contributed by atoms with E-state index in [0.717, 1.165) is 10.9 Å². The molecule has 3 heteroatoms. The van der Waals surface area contributed by atoms with E-state index in [-0.39, 0.29) is 11.3 Å². The van der Waals surface area contributed by atoms with Crippen LogP contribution in [-0.2, 0) is 5.41 Å². The van der Waals surface area contributed by atoms with Gasteiger partial charge in [0.2, 0.25) is 0 Å². The van der Waals surface area contributed by atoms with Crippen LogP contribution in [-0.4, -0.2) is 17.9 Å². The Bertz CT molecular complexity index is 597. The molecule has 0 spiro atoms. The highest BCUT2D eigenvalue weighted by atomic mass is 16.1. The summed E-state index contributed by atoms with van der Waals surface area (Å²) in [4.78, 5) is 16.0. The zero-order valence-electron chi connectivity index (χ0n) is 11.2. The van der Waals surface area contributed by atoms with E-state index in [1.165, 1.54) is 5.56 Å². The predicted molar refractivity (Wildman–Crippen MR) is 73.8 cm³/mol. The van der Waals surface area contributed by atoms with Crippen LogP contribution in [0.25, 0.3) is 10.9 Å². The van der Waals surface area contributed by atoms with Crippen LogP contribution in [0.2, 0.25) is 0 Å². The Kier molecular flexibility index (Phi) is 3.07. The molecule has 1 aromatic heterocycles. The Balaban J connectivity index is 2.70. The second-order valence-electron chi connectivity index (χ2n) is 5.42. The van der Waals surface area contributed by atoms with Crippen molar-refractivity contribution < 1.29 is 4.79 Å². The van der Waals surface area contributed by atoms with Crippen molar-refractivity contribution in [3.63, 3.8) is 0 Å². The molecule has 0 aliphatic rings. The molecule has 0 bridgehead atoms. The van der Waals surface area contributed by atoms with Crippen LogP contribution in [0.3, 0.4) is 0 Å². The van der Waals surface area contributed by atoms with Crippen LogP contribution in [0.5, 0.6) is 0 Å². The van der Waals surface area contributed by atoms with Crippen molar-refractivity contribution in [2.75, 3.05) is 7.05 Å². The molecule has 18 heavy (non-hydrogen) atoms. The molecular formula is C15H18N2O. The Hall–Kier alpha value is -1.90. The normalized spacial score (nSPS) is 11.6. The quantitative estimate of drug-likeness (QED) is 0.835. The molecule has 0 unspecified atom stereocenters. The van der Waals surface area contributed by atoms with Crippen molar-refractivity contribution in [1.29, 1.82) is 0 Å². The third-order valence-electron chi connectivity index (χ3n) is 3.04. The summed E-state index contributed by atoms with van der Waals surface area (Å²) in [6, 6.07) is 7.65. The SMILES string of the molecule is CNC(=O)c1ccc2nccc(C(C)(C)C)c2c1. The highest BCUT2D eigenvalue weighted by molar-refractivity contribution is 5.98. The molecular weight excluding hydrogens is 224 g/mol. The highest BCUT2D eigenvalue weighted by Gasteiger charge is 2.17. The maximum atomic E-state index is 11.7. The summed E-state index contributed by atoms with van der Waals surface area (Å²) in [5.41, 5.74) is 2.83. The largest absolute Gasteiger partial charge is 0.355 e. The number of carbonyl (C=O) groups excluding carboxylic acids is 1. The second-order valence-corrected chi connectivity index (χ2v) is 5.42. The summed E-state index contributed by atoms with van der Waals surface area (Å²) in [5.74, 6) is -0.0689. The summed E-state index contributed by atoms with van der Waals surface area (Å²) in [5, 5.41) is 3.69. The molecule has 1 amide bonds. The maximum Gasteiger partial charge on any atom is 0.251 e. The number of rotatable bonds is 1. The van der Waals surface area contributed by atoms with Gasteiger partial charge in [-0.2, -0.15) is 0 Å². The first-order valence-electron chi connectivity index (χ1n) is 6.05. The summed E-state index contributed by atoms with van der Waals surface area (Å²) in [6.45, 7) is 6.48. The Morgan fingerprint density at radius 3 is 2.56 bits per heavy atom. The lowest BCUT2D eigenvalue weighted by Gasteiger charge is -2.21. The summed E-state index contributed by atoms with van der Waals surface area (Å²) in [6.07, 6.45) is 1.82. The molecule has 0 saturated carbocycles. The molecule has 0 saturated heterocycles. The molecule has 2 aromatic rings. The van der Waals surface area contributed by atoms with Gasteiger partial charge in [-0.1, -0.05) is 20.8 Å². The number of pyridine rings is 1. The predicted octanol–water partition coefficient (Wildman–Crippen LogP) is 2.89. The third kappa shape index (κ3) is 2.21. The van der Waals surface area contributed by atoms with E-state index in [4.69, 9.17) is 0 Å². The number of amides is 1. The standard InChI is InChI=1S/C15H18N2O/c1-15(2,3)12-7-8-17-13-6-5-10(9-11(12)13)14(18)16-4/h5-9H,1-4H3,(H,16,18). The van der Waals surface area contributed by atoms with Gasteiger partial charge in [-0.3, -0.25) is 9.78 Å². The third-order valence-corrected chi connectivity index (χ3v) is 3.04. The fourth-order valence-corrected chi connectivity index (χ4v) is 2.09. The summed E-state index contributed by atoms with van der Waals surface area (Å²) in [7, 11) is 1.64. The van der Waals surface area contributed by atoms with E-state index >= 15 is 0 Å². The molecule has 0 radical (unpaired) electrons. The summed E-state index contributed by atoms with van der Waals surface area (Å²) >= 11 is 0. The number of nitrogens with one attached hydrogen (secondary N) is 1. The van der Waals surface area contributed by atoms with Crippen molar-refractivity contribution >= 4 is 16.8 Å². The van der Waals surface area contributed by atoms with Gasteiger partial charge in [0.1, 0.15) is 0 Å². The minimum Gasteiger partial charge on any atom is -0.355 e. The minimum absolute atomic E-state index is 0.0303. The van der Waals surface area contributed by atoms with Crippen LogP contribution < -0.4 is 5.32 Å². The van der Waals surface area contributed by atoms with Crippen LogP contribution in [0.15, 0.2) is 30.5 Å². The molecule has 1 N–H and O–H groups in total. The smallest absolute Gasteiger partial charge is 0.251 e. The molecule has 0 aliphatic heterocycles. The first kappa shape index (κ1) is 12.6. The molecule has 0 aliphatic carbocycles. The van der Waals surface area contributed by atoms with Gasteiger partial charge in [0, 0.05) is 24.2 Å². The number of nitrogens with zero attached hydrogens (tertiary/aromatic N) is 1. The molecule has 2 rings (SSSR count). The average Bonchev–Trinajstić information content (AvgIpc) is 2.35. The van der Waals surface area contributed by atoms with Crippen molar-refractivity contribution in [1.82, 2.24) is 10.3 Å². The average molecular weight is 242 g/mol. The van der Waals surface area contributed by atoms with Crippen molar-refractivity contribution in [2.24, 2.45) is 0 Å². The number of hydrogen-bond acceptors (Lipinski definition) is 2. The molecule has 3 nitrogen and oxygen atoms in total. The maximum absolute atomic E-state index is 11.7. The van der Waals surface area contributed by atoms with Gasteiger partial charge < -0.3 is 5.32 Å². The van der Waals surface area contributed by atoms with Crippen molar-refractivity contribution in [3.8, 4) is 0 Å². The monoisotopic (exact) mass is 242 g/mol. The first-order valence-corrected chi connectivity index (χ1v) is 6.05. The molecule has 1 aromatic carbocycles. The molecule has 0 atom stereocenters. The van der Waals surface area contributed by atoms with Gasteiger partial charge in [-0.05, 0) is 35.2 Å². The lowest BCUT2D eigenvalue weighted by molar-refractivity contribution is 0.0963. The van der Waals surface area contributed by atoms with Gasteiger partial charge in [-0.25, -0.2) is 0 Å². The van der Waals surface area contributed by atoms with E-state index in [1.807, 2.05) is 24.4 Å². The van der Waals surface area contributed by atoms with Gasteiger partial charge in [-0.15, -0.1) is 0 Å². The topological polar surface area (TPSA) is 42.0 Å². The van der Waals surface area contributed by atoms with Crippen LogP contribution in [0, 0.1) is 0 Å². The minimum atomic E-state index is -0.0689. The molecule has 1 heterocycles. The van der Waals surface area contributed by atoms with Gasteiger partial charge in [0.05, 0.1) is 5.52 Å². The Labute approximate surface area is 107 Å². The van der Waals surface area contributed by atoms with E-state index in [1.54, 1.807) is 13.1 Å². The summed E-state index contributed by atoms with van der Waals surface area (Å²) < 4.78 is 0. The second kappa shape index (κ2) is 4.41.